The molecule has 24 heavy (non-hydrogen) atoms. The van der Waals surface area contributed by atoms with Gasteiger partial charge in [0.2, 0.25) is 0 Å². The average molecular weight is 342 g/mol. The van der Waals surface area contributed by atoms with E-state index in [1.54, 1.807) is 11.3 Å². The van der Waals surface area contributed by atoms with Gasteiger partial charge in [-0.25, -0.2) is 9.78 Å². The Morgan fingerprint density at radius 1 is 1.29 bits per heavy atom. The fraction of sp³-hybridized carbons (Fsp3) is 0.412. The van der Waals surface area contributed by atoms with Gasteiger partial charge >= 0.3 is 5.69 Å². The van der Waals surface area contributed by atoms with Crippen LogP contribution in [0.25, 0.3) is 22.3 Å². The zero-order valence-corrected chi connectivity index (χ0v) is 13.9. The number of H-pyrrole nitrogens is 2. The van der Waals surface area contributed by atoms with Crippen LogP contribution in [-0.2, 0) is 4.74 Å². The molecule has 0 spiro atoms. The van der Waals surface area contributed by atoms with Crippen molar-refractivity contribution in [2.24, 2.45) is 0 Å². The third-order valence-electron chi connectivity index (χ3n) is 5.00. The third-order valence-corrected chi connectivity index (χ3v) is 5.94. The number of thiazole rings is 1. The second kappa shape index (κ2) is 5.54. The second-order valence-electron chi connectivity index (χ2n) is 6.52. The van der Waals surface area contributed by atoms with Crippen LogP contribution in [0.5, 0.6) is 0 Å². The lowest BCUT2D eigenvalue weighted by atomic mass is 10.1. The first kappa shape index (κ1) is 14.4. The van der Waals surface area contributed by atoms with E-state index in [1.807, 2.05) is 18.2 Å². The number of hydrogen-bond acceptors (Lipinski definition) is 5. The zero-order valence-electron chi connectivity index (χ0n) is 13.1. The van der Waals surface area contributed by atoms with E-state index in [-0.39, 0.29) is 11.8 Å². The molecular weight excluding hydrogens is 324 g/mol. The molecule has 0 radical (unpaired) electrons. The van der Waals surface area contributed by atoms with Gasteiger partial charge in [0.25, 0.3) is 0 Å². The number of imidazole rings is 1. The van der Waals surface area contributed by atoms with Crippen molar-refractivity contribution in [2.75, 3.05) is 19.7 Å². The van der Waals surface area contributed by atoms with Crippen LogP contribution in [0.15, 0.2) is 28.4 Å². The highest BCUT2D eigenvalue weighted by molar-refractivity contribution is 7.10. The van der Waals surface area contributed by atoms with Crippen LogP contribution < -0.4 is 5.69 Å². The van der Waals surface area contributed by atoms with Crippen molar-refractivity contribution in [2.45, 2.75) is 25.0 Å². The number of nitrogens with zero attached hydrogens (tertiary/aromatic N) is 2. The molecule has 2 aromatic heterocycles. The standard InChI is InChI=1S/C17H18N4O2S/c22-17-19-12-4-3-10(6-13(12)20-17)14-9-24-16(18-14)15-7-21-5-1-2-11(21)8-23-15/h3-4,6,9,11,15H,1-2,5,7-8H2,(H2,19,20,22)/t11-,15+/m0/s1. The summed E-state index contributed by atoms with van der Waals surface area (Å²) in [4.78, 5) is 24.3. The first-order valence-electron chi connectivity index (χ1n) is 8.30. The molecule has 124 valence electrons. The smallest absolute Gasteiger partial charge is 0.323 e. The molecule has 2 aliphatic rings. The molecule has 3 aromatic rings. The highest BCUT2D eigenvalue weighted by Crippen LogP contribution is 2.33. The van der Waals surface area contributed by atoms with Crippen molar-refractivity contribution in [3.8, 4) is 11.3 Å². The van der Waals surface area contributed by atoms with Gasteiger partial charge in [0.15, 0.2) is 0 Å². The van der Waals surface area contributed by atoms with E-state index in [0.717, 1.165) is 40.5 Å². The molecule has 5 rings (SSSR count). The van der Waals surface area contributed by atoms with Crippen LogP contribution in [0.2, 0.25) is 0 Å². The largest absolute Gasteiger partial charge is 0.368 e. The first-order chi connectivity index (χ1) is 11.8. The van der Waals surface area contributed by atoms with Crippen LogP contribution in [0, 0.1) is 0 Å². The van der Waals surface area contributed by atoms with Gasteiger partial charge in [-0.15, -0.1) is 11.3 Å². The molecule has 0 unspecified atom stereocenters. The number of rotatable bonds is 2. The lowest BCUT2D eigenvalue weighted by Crippen LogP contribution is -2.42. The summed E-state index contributed by atoms with van der Waals surface area (Å²) in [6, 6.07) is 6.47. The molecule has 0 aliphatic carbocycles. The molecule has 7 heteroatoms. The monoisotopic (exact) mass is 342 g/mol. The minimum atomic E-state index is -0.183. The summed E-state index contributed by atoms with van der Waals surface area (Å²) in [5.74, 6) is 0. The van der Waals surface area contributed by atoms with Gasteiger partial charge in [-0.1, -0.05) is 6.07 Å². The average Bonchev–Trinajstić information content (AvgIpc) is 3.31. The van der Waals surface area contributed by atoms with Crippen molar-refractivity contribution in [3.05, 3.63) is 39.1 Å². The molecule has 0 bridgehead atoms. The number of hydrogen-bond donors (Lipinski definition) is 2. The molecule has 2 atom stereocenters. The molecule has 6 nitrogen and oxygen atoms in total. The SMILES string of the molecule is O=c1[nH]c2ccc(-c3csc([C@H]4CN5CCC[C@H]5CO4)n3)cc2[nH]1. The first-order valence-corrected chi connectivity index (χ1v) is 9.18. The van der Waals surface area contributed by atoms with Gasteiger partial charge in [-0.2, -0.15) is 0 Å². The minimum Gasteiger partial charge on any atom is -0.368 e. The molecule has 0 amide bonds. The lowest BCUT2D eigenvalue weighted by Gasteiger charge is -2.34. The van der Waals surface area contributed by atoms with Crippen LogP contribution in [0.3, 0.4) is 0 Å². The summed E-state index contributed by atoms with van der Waals surface area (Å²) >= 11 is 1.65. The van der Waals surface area contributed by atoms with Gasteiger partial charge < -0.3 is 14.7 Å². The predicted molar refractivity (Wildman–Crippen MR) is 93.3 cm³/mol. The van der Waals surface area contributed by atoms with Gasteiger partial charge in [-0.05, 0) is 31.5 Å². The maximum atomic E-state index is 11.4. The number of morpholine rings is 1. The number of nitrogens with one attached hydrogen (secondary N) is 2. The zero-order chi connectivity index (χ0) is 16.1. The number of ether oxygens (including phenoxy) is 1. The second-order valence-corrected chi connectivity index (χ2v) is 7.41. The molecule has 2 fully saturated rings. The van der Waals surface area contributed by atoms with Crippen molar-refractivity contribution in [3.63, 3.8) is 0 Å². The van der Waals surface area contributed by atoms with E-state index in [2.05, 4.69) is 20.2 Å². The van der Waals surface area contributed by atoms with Gasteiger partial charge in [0, 0.05) is 23.5 Å². The summed E-state index contributed by atoms with van der Waals surface area (Å²) in [5.41, 5.74) is 3.38. The molecular formula is C17H18N4O2S. The van der Waals surface area contributed by atoms with Crippen molar-refractivity contribution in [1.82, 2.24) is 19.9 Å². The van der Waals surface area contributed by atoms with Crippen LogP contribution in [-0.4, -0.2) is 45.6 Å². The summed E-state index contributed by atoms with van der Waals surface area (Å²) < 4.78 is 6.05. The summed E-state index contributed by atoms with van der Waals surface area (Å²) in [6.45, 7) is 2.94. The normalized spacial score (nSPS) is 24.5. The molecule has 2 saturated heterocycles. The van der Waals surface area contributed by atoms with Crippen molar-refractivity contribution < 1.29 is 4.74 Å². The minimum absolute atomic E-state index is 0.0777. The number of fused-ring (bicyclic) bond motifs is 2. The Morgan fingerprint density at radius 2 is 2.21 bits per heavy atom. The topological polar surface area (TPSA) is 74.0 Å². The Labute approximate surface area is 142 Å². The van der Waals surface area contributed by atoms with Crippen LogP contribution in [0.4, 0.5) is 0 Å². The predicted octanol–water partition coefficient (Wildman–Crippen LogP) is 2.52. The van der Waals surface area contributed by atoms with E-state index in [0.29, 0.717) is 6.04 Å². The van der Waals surface area contributed by atoms with E-state index in [4.69, 9.17) is 9.72 Å². The maximum absolute atomic E-state index is 11.4. The quantitative estimate of drug-likeness (QED) is 0.750. The Balaban J connectivity index is 1.42. The Hall–Kier alpha value is -1.96. The van der Waals surface area contributed by atoms with Crippen LogP contribution >= 0.6 is 11.3 Å². The highest BCUT2D eigenvalue weighted by atomic mass is 32.1. The van der Waals surface area contributed by atoms with E-state index in [1.165, 1.54) is 19.4 Å². The lowest BCUT2D eigenvalue weighted by molar-refractivity contribution is -0.0502. The van der Waals surface area contributed by atoms with Crippen molar-refractivity contribution in [1.29, 1.82) is 0 Å². The molecule has 2 N–H and O–H groups in total. The van der Waals surface area contributed by atoms with Crippen molar-refractivity contribution >= 4 is 22.4 Å². The van der Waals surface area contributed by atoms with E-state index >= 15 is 0 Å². The van der Waals surface area contributed by atoms with Gasteiger partial charge in [-0.3, -0.25) is 4.90 Å². The summed E-state index contributed by atoms with van der Waals surface area (Å²) in [6.07, 6.45) is 2.61. The highest BCUT2D eigenvalue weighted by Gasteiger charge is 2.34. The number of aromatic nitrogens is 3. The fourth-order valence-corrected chi connectivity index (χ4v) is 4.59. The molecule has 1 aromatic carbocycles. The van der Waals surface area contributed by atoms with Gasteiger partial charge in [0.1, 0.15) is 11.1 Å². The summed E-state index contributed by atoms with van der Waals surface area (Å²) in [7, 11) is 0. The fourth-order valence-electron chi connectivity index (χ4n) is 3.73. The Bertz CT molecular complexity index is 943. The van der Waals surface area contributed by atoms with Crippen LogP contribution in [0.1, 0.15) is 24.0 Å². The Kier molecular flexibility index (Phi) is 3.32. The van der Waals surface area contributed by atoms with E-state index < -0.39 is 0 Å². The van der Waals surface area contributed by atoms with Gasteiger partial charge in [0.05, 0.1) is 23.3 Å². The third kappa shape index (κ3) is 2.40. The Morgan fingerprint density at radius 3 is 3.17 bits per heavy atom. The maximum Gasteiger partial charge on any atom is 0.323 e. The molecule has 4 heterocycles. The summed E-state index contributed by atoms with van der Waals surface area (Å²) in [5, 5.41) is 3.11. The molecule has 2 aliphatic heterocycles. The number of aromatic amines is 2. The number of benzene rings is 1. The van der Waals surface area contributed by atoms with E-state index in [9.17, 15) is 4.79 Å². The molecule has 0 saturated carbocycles.